The van der Waals surface area contributed by atoms with Crippen molar-refractivity contribution in [3.8, 4) is 5.75 Å². The molecule has 0 saturated heterocycles. The van der Waals surface area contributed by atoms with Crippen LogP contribution in [0.15, 0.2) is 48.5 Å². The highest BCUT2D eigenvalue weighted by molar-refractivity contribution is 7.20. The van der Waals surface area contributed by atoms with Gasteiger partial charge in [0, 0.05) is 4.70 Å². The Morgan fingerprint density at radius 1 is 1.15 bits per heavy atom. The number of benzene rings is 2. The Bertz CT molecular complexity index is 969. The lowest BCUT2D eigenvalue weighted by atomic mass is 10.2. The number of para-hydroxylation sites is 2. The molecular weight excluding hydrogens is 357 g/mol. The van der Waals surface area contributed by atoms with E-state index < -0.39 is 18.0 Å². The van der Waals surface area contributed by atoms with Crippen molar-refractivity contribution in [2.45, 2.75) is 13.0 Å². The van der Waals surface area contributed by atoms with E-state index in [1.807, 2.05) is 0 Å². The highest BCUT2D eigenvalue weighted by Crippen LogP contribution is 2.27. The first-order valence-corrected chi connectivity index (χ1v) is 8.63. The van der Waals surface area contributed by atoms with E-state index in [2.05, 4.69) is 5.32 Å². The van der Waals surface area contributed by atoms with Crippen LogP contribution in [0.3, 0.4) is 0 Å². The Kier molecular flexibility index (Phi) is 5.18. The second-order valence-corrected chi connectivity index (χ2v) is 6.61. The van der Waals surface area contributed by atoms with Gasteiger partial charge < -0.3 is 14.8 Å². The number of hydrogen-bond donors (Lipinski definition) is 1. The van der Waals surface area contributed by atoms with Gasteiger partial charge in [-0.15, -0.1) is 11.3 Å². The monoisotopic (exact) mass is 373 g/mol. The molecule has 0 saturated carbocycles. The van der Waals surface area contributed by atoms with Gasteiger partial charge in [-0.05, 0) is 48.7 Å². The third kappa shape index (κ3) is 3.83. The summed E-state index contributed by atoms with van der Waals surface area (Å²) in [6, 6.07) is 12.8. The lowest BCUT2D eigenvalue weighted by Gasteiger charge is -2.14. The predicted molar refractivity (Wildman–Crippen MR) is 98.3 cm³/mol. The minimum absolute atomic E-state index is 0.308. The molecule has 5 nitrogen and oxygen atoms in total. The van der Waals surface area contributed by atoms with E-state index in [0.29, 0.717) is 21.7 Å². The normalized spacial score (nSPS) is 11.8. The fourth-order valence-corrected chi connectivity index (χ4v) is 3.30. The molecule has 3 rings (SSSR count). The Hall–Kier alpha value is -2.93. The summed E-state index contributed by atoms with van der Waals surface area (Å²) in [4.78, 5) is 24.9. The third-order valence-electron chi connectivity index (χ3n) is 3.70. The lowest BCUT2D eigenvalue weighted by Crippen LogP contribution is -2.29. The number of halogens is 1. The van der Waals surface area contributed by atoms with Gasteiger partial charge in [-0.3, -0.25) is 4.79 Å². The summed E-state index contributed by atoms with van der Waals surface area (Å²) in [5, 5.41) is 3.28. The zero-order chi connectivity index (χ0) is 18.7. The highest BCUT2D eigenvalue weighted by atomic mass is 32.1. The molecule has 1 atom stereocenters. The topological polar surface area (TPSA) is 64.6 Å². The number of esters is 1. The van der Waals surface area contributed by atoms with Gasteiger partial charge in [0.1, 0.15) is 16.4 Å². The molecule has 134 valence electrons. The fraction of sp³-hybridized carbons (Fsp3) is 0.158. The van der Waals surface area contributed by atoms with E-state index in [4.69, 9.17) is 9.47 Å². The van der Waals surface area contributed by atoms with Gasteiger partial charge in [0.15, 0.2) is 6.10 Å². The molecule has 1 N–H and O–H groups in total. The van der Waals surface area contributed by atoms with E-state index in [9.17, 15) is 14.0 Å². The number of methoxy groups -OCH3 is 1. The summed E-state index contributed by atoms with van der Waals surface area (Å²) in [6.07, 6.45) is -1.01. The Morgan fingerprint density at radius 2 is 1.92 bits per heavy atom. The Morgan fingerprint density at radius 3 is 2.69 bits per heavy atom. The Balaban J connectivity index is 1.68. The molecule has 26 heavy (non-hydrogen) atoms. The van der Waals surface area contributed by atoms with Crippen LogP contribution in [-0.2, 0) is 9.53 Å². The maximum atomic E-state index is 13.3. The molecule has 0 unspecified atom stereocenters. The molecule has 0 aliphatic carbocycles. The van der Waals surface area contributed by atoms with Crippen molar-refractivity contribution < 1.29 is 23.5 Å². The zero-order valence-electron chi connectivity index (χ0n) is 14.1. The van der Waals surface area contributed by atoms with Crippen molar-refractivity contribution in [2.75, 3.05) is 12.4 Å². The van der Waals surface area contributed by atoms with Crippen molar-refractivity contribution in [3.05, 3.63) is 59.2 Å². The van der Waals surface area contributed by atoms with Crippen LogP contribution in [0.2, 0.25) is 0 Å². The number of anilines is 1. The molecule has 1 amide bonds. The van der Waals surface area contributed by atoms with Crippen LogP contribution in [0, 0.1) is 5.82 Å². The van der Waals surface area contributed by atoms with E-state index in [1.54, 1.807) is 36.4 Å². The van der Waals surface area contributed by atoms with E-state index >= 15 is 0 Å². The maximum Gasteiger partial charge on any atom is 0.349 e. The summed E-state index contributed by atoms with van der Waals surface area (Å²) < 4.78 is 24.4. The van der Waals surface area contributed by atoms with Crippen molar-refractivity contribution in [2.24, 2.45) is 0 Å². The summed E-state index contributed by atoms with van der Waals surface area (Å²) in [5.41, 5.74) is 0.486. The number of ether oxygens (including phenoxy) is 2. The van der Waals surface area contributed by atoms with Crippen molar-refractivity contribution >= 4 is 39.0 Å². The lowest BCUT2D eigenvalue weighted by molar-refractivity contribution is -0.123. The molecule has 3 aromatic rings. The van der Waals surface area contributed by atoms with Crippen LogP contribution >= 0.6 is 11.3 Å². The summed E-state index contributed by atoms with van der Waals surface area (Å²) >= 11 is 1.18. The van der Waals surface area contributed by atoms with Gasteiger partial charge in [0.05, 0.1) is 12.8 Å². The molecule has 2 aromatic carbocycles. The number of hydrogen-bond acceptors (Lipinski definition) is 5. The molecular formula is C19H16FNO4S. The number of rotatable bonds is 5. The molecule has 0 fully saturated rings. The fourth-order valence-electron chi connectivity index (χ4n) is 2.37. The second-order valence-electron chi connectivity index (χ2n) is 5.53. The van der Waals surface area contributed by atoms with Crippen LogP contribution in [-0.4, -0.2) is 25.1 Å². The minimum Gasteiger partial charge on any atom is -0.495 e. The molecule has 1 heterocycles. The van der Waals surface area contributed by atoms with Crippen molar-refractivity contribution in [1.82, 2.24) is 0 Å². The number of carbonyl (C=O) groups is 2. The quantitative estimate of drug-likeness (QED) is 0.680. The van der Waals surface area contributed by atoms with E-state index in [0.717, 1.165) is 4.70 Å². The first-order valence-electron chi connectivity index (χ1n) is 7.82. The smallest absolute Gasteiger partial charge is 0.349 e. The van der Waals surface area contributed by atoms with Gasteiger partial charge in [0.25, 0.3) is 5.91 Å². The average molecular weight is 373 g/mol. The molecule has 0 aliphatic heterocycles. The molecule has 0 radical (unpaired) electrons. The number of carbonyl (C=O) groups excluding carboxylic acids is 2. The highest BCUT2D eigenvalue weighted by Gasteiger charge is 2.21. The van der Waals surface area contributed by atoms with Crippen LogP contribution in [0.1, 0.15) is 16.6 Å². The summed E-state index contributed by atoms with van der Waals surface area (Å²) in [5.74, 6) is -0.977. The van der Waals surface area contributed by atoms with E-state index in [-0.39, 0.29) is 5.82 Å². The SMILES string of the molecule is COc1ccccc1NC(=O)[C@@H](C)OC(=O)c1cc2cc(F)ccc2s1. The number of nitrogens with one attached hydrogen (secondary N) is 1. The number of fused-ring (bicyclic) bond motifs is 1. The zero-order valence-corrected chi connectivity index (χ0v) is 14.9. The van der Waals surface area contributed by atoms with E-state index in [1.165, 1.54) is 37.5 Å². The van der Waals surface area contributed by atoms with Gasteiger partial charge in [-0.1, -0.05) is 12.1 Å². The van der Waals surface area contributed by atoms with Crippen molar-refractivity contribution in [3.63, 3.8) is 0 Å². The van der Waals surface area contributed by atoms with Crippen LogP contribution in [0.5, 0.6) is 5.75 Å². The number of thiophene rings is 1. The van der Waals surface area contributed by atoms with Gasteiger partial charge >= 0.3 is 5.97 Å². The number of amides is 1. The van der Waals surface area contributed by atoms with Gasteiger partial charge in [-0.2, -0.15) is 0 Å². The second kappa shape index (κ2) is 7.53. The van der Waals surface area contributed by atoms with Gasteiger partial charge in [0.2, 0.25) is 0 Å². The summed E-state index contributed by atoms with van der Waals surface area (Å²) in [7, 11) is 1.50. The predicted octanol–water partition coefficient (Wildman–Crippen LogP) is 4.23. The standard InChI is InChI=1S/C19H16FNO4S/c1-11(18(22)21-14-5-3-4-6-15(14)24-2)25-19(23)17-10-12-9-13(20)7-8-16(12)26-17/h3-11H,1-2H3,(H,21,22)/t11-/m1/s1. The largest absolute Gasteiger partial charge is 0.495 e. The maximum absolute atomic E-state index is 13.3. The first kappa shape index (κ1) is 17.9. The van der Waals surface area contributed by atoms with Crippen LogP contribution in [0.4, 0.5) is 10.1 Å². The van der Waals surface area contributed by atoms with Crippen LogP contribution < -0.4 is 10.1 Å². The minimum atomic E-state index is -1.01. The van der Waals surface area contributed by atoms with Gasteiger partial charge in [-0.25, -0.2) is 9.18 Å². The average Bonchev–Trinajstić information content (AvgIpc) is 3.05. The third-order valence-corrected chi connectivity index (χ3v) is 4.79. The molecule has 0 spiro atoms. The molecule has 0 aliphatic rings. The summed E-state index contributed by atoms with van der Waals surface area (Å²) in [6.45, 7) is 1.48. The molecule has 7 heteroatoms. The first-order chi connectivity index (χ1) is 12.5. The Labute approximate surface area is 153 Å². The van der Waals surface area contributed by atoms with Crippen LogP contribution in [0.25, 0.3) is 10.1 Å². The van der Waals surface area contributed by atoms with Crippen molar-refractivity contribution in [1.29, 1.82) is 0 Å². The molecule has 0 bridgehead atoms. The molecule has 1 aromatic heterocycles.